The molecular formula is C19H27N5O2. The molecule has 4 rings (SSSR count). The molecule has 0 bridgehead atoms. The summed E-state index contributed by atoms with van der Waals surface area (Å²) in [6, 6.07) is 5.34. The summed E-state index contributed by atoms with van der Waals surface area (Å²) in [5, 5.41) is 9.00. The molecule has 140 valence electrons. The number of ether oxygens (including phenoxy) is 1. The van der Waals surface area contributed by atoms with Crippen molar-refractivity contribution in [2.24, 2.45) is 5.92 Å². The normalized spacial score (nSPS) is 21.7. The van der Waals surface area contributed by atoms with E-state index in [1.165, 1.54) is 19.3 Å². The molecule has 4 heterocycles. The maximum absolute atomic E-state index is 12.2. The predicted octanol–water partition coefficient (Wildman–Crippen LogP) is 1.55. The smallest absolute Gasteiger partial charge is 0.266 e. The van der Waals surface area contributed by atoms with Gasteiger partial charge in [0.1, 0.15) is 0 Å². The summed E-state index contributed by atoms with van der Waals surface area (Å²) in [4.78, 5) is 14.6. The van der Waals surface area contributed by atoms with Gasteiger partial charge in [0.15, 0.2) is 5.82 Å². The second kappa shape index (κ2) is 7.32. The van der Waals surface area contributed by atoms with Gasteiger partial charge in [-0.25, -0.2) is 9.36 Å². The van der Waals surface area contributed by atoms with E-state index in [1.54, 1.807) is 21.5 Å². The van der Waals surface area contributed by atoms with Crippen LogP contribution in [0.25, 0.3) is 5.82 Å². The van der Waals surface area contributed by atoms with E-state index in [0.29, 0.717) is 24.4 Å². The monoisotopic (exact) mass is 357 g/mol. The zero-order chi connectivity index (χ0) is 18.1. The molecular weight excluding hydrogens is 330 g/mol. The quantitative estimate of drug-likeness (QED) is 0.812. The number of rotatable bonds is 5. The number of aryl methyl sites for hydroxylation is 2. The van der Waals surface area contributed by atoms with Crippen LogP contribution >= 0.6 is 0 Å². The molecule has 0 aliphatic carbocycles. The summed E-state index contributed by atoms with van der Waals surface area (Å²) in [6.45, 7) is 8.56. The maximum atomic E-state index is 12.2. The van der Waals surface area contributed by atoms with Crippen LogP contribution in [0.2, 0.25) is 0 Å². The van der Waals surface area contributed by atoms with E-state index in [0.717, 1.165) is 37.6 Å². The van der Waals surface area contributed by atoms with Crippen molar-refractivity contribution in [2.75, 3.05) is 26.2 Å². The first kappa shape index (κ1) is 17.4. The van der Waals surface area contributed by atoms with E-state index in [4.69, 9.17) is 4.74 Å². The van der Waals surface area contributed by atoms with Gasteiger partial charge in [0.25, 0.3) is 5.56 Å². The molecule has 0 radical (unpaired) electrons. The molecule has 2 saturated heterocycles. The molecule has 0 spiro atoms. The lowest BCUT2D eigenvalue weighted by Crippen LogP contribution is -2.52. The summed E-state index contributed by atoms with van der Waals surface area (Å²) >= 11 is 0. The molecule has 7 nitrogen and oxygen atoms in total. The minimum Gasteiger partial charge on any atom is -0.377 e. The van der Waals surface area contributed by atoms with E-state index >= 15 is 0 Å². The Morgan fingerprint density at radius 2 is 2.00 bits per heavy atom. The van der Waals surface area contributed by atoms with Crippen LogP contribution in [-0.4, -0.2) is 56.8 Å². The van der Waals surface area contributed by atoms with Gasteiger partial charge in [0, 0.05) is 43.9 Å². The van der Waals surface area contributed by atoms with Crippen molar-refractivity contribution >= 4 is 0 Å². The Hall–Kier alpha value is -1.99. The van der Waals surface area contributed by atoms with Gasteiger partial charge in [0.05, 0.1) is 18.3 Å². The summed E-state index contributed by atoms with van der Waals surface area (Å²) in [5.41, 5.74) is 1.91. The van der Waals surface area contributed by atoms with E-state index in [1.807, 2.05) is 19.9 Å². The second-order valence-corrected chi connectivity index (χ2v) is 7.62. The Morgan fingerprint density at radius 1 is 1.15 bits per heavy atom. The molecule has 1 atom stereocenters. The minimum atomic E-state index is -0.0515. The number of aromatic nitrogens is 4. The molecule has 7 heteroatoms. The Morgan fingerprint density at radius 3 is 2.69 bits per heavy atom. The highest BCUT2D eigenvalue weighted by molar-refractivity contribution is 5.23. The Kier molecular flexibility index (Phi) is 4.91. The van der Waals surface area contributed by atoms with Crippen molar-refractivity contribution in [3.63, 3.8) is 0 Å². The van der Waals surface area contributed by atoms with Crippen molar-refractivity contribution in [1.82, 2.24) is 24.5 Å². The van der Waals surface area contributed by atoms with Crippen LogP contribution < -0.4 is 5.56 Å². The van der Waals surface area contributed by atoms with Crippen molar-refractivity contribution in [3.05, 3.63) is 39.9 Å². The van der Waals surface area contributed by atoms with E-state index < -0.39 is 0 Å². The highest BCUT2D eigenvalue weighted by atomic mass is 16.5. The van der Waals surface area contributed by atoms with Crippen LogP contribution in [0.4, 0.5) is 0 Å². The Labute approximate surface area is 153 Å². The number of hydrogen-bond acceptors (Lipinski definition) is 5. The van der Waals surface area contributed by atoms with Crippen LogP contribution in [0.1, 0.15) is 30.7 Å². The molecule has 26 heavy (non-hydrogen) atoms. The average Bonchev–Trinajstić information content (AvgIpc) is 2.94. The first-order valence-corrected chi connectivity index (χ1v) is 9.54. The lowest BCUT2D eigenvalue weighted by atomic mass is 9.98. The minimum absolute atomic E-state index is 0.0515. The molecule has 0 aromatic carbocycles. The Balaban J connectivity index is 1.37. The zero-order valence-electron chi connectivity index (χ0n) is 15.6. The third kappa shape index (κ3) is 3.73. The van der Waals surface area contributed by atoms with Crippen molar-refractivity contribution in [2.45, 2.75) is 45.8 Å². The maximum Gasteiger partial charge on any atom is 0.266 e. The summed E-state index contributed by atoms with van der Waals surface area (Å²) in [5.74, 6) is 1.17. The highest BCUT2D eigenvalue weighted by Crippen LogP contribution is 2.21. The van der Waals surface area contributed by atoms with Gasteiger partial charge in [0.2, 0.25) is 0 Å². The van der Waals surface area contributed by atoms with Crippen LogP contribution in [-0.2, 0) is 11.3 Å². The first-order chi connectivity index (χ1) is 12.6. The van der Waals surface area contributed by atoms with Gasteiger partial charge >= 0.3 is 0 Å². The van der Waals surface area contributed by atoms with Crippen LogP contribution in [0, 0.1) is 19.8 Å². The van der Waals surface area contributed by atoms with Crippen LogP contribution in [0.3, 0.4) is 0 Å². The van der Waals surface area contributed by atoms with E-state index in [9.17, 15) is 4.79 Å². The summed E-state index contributed by atoms with van der Waals surface area (Å²) < 4.78 is 9.19. The predicted molar refractivity (Wildman–Crippen MR) is 98.6 cm³/mol. The van der Waals surface area contributed by atoms with Gasteiger partial charge in [-0.3, -0.25) is 9.69 Å². The third-order valence-corrected chi connectivity index (χ3v) is 5.28. The van der Waals surface area contributed by atoms with Gasteiger partial charge < -0.3 is 4.74 Å². The number of likely N-dealkylation sites (tertiary alicyclic amines) is 1. The van der Waals surface area contributed by atoms with Gasteiger partial charge in [-0.2, -0.15) is 5.10 Å². The van der Waals surface area contributed by atoms with E-state index in [-0.39, 0.29) is 5.56 Å². The van der Waals surface area contributed by atoms with Crippen LogP contribution in [0.15, 0.2) is 23.0 Å². The topological polar surface area (TPSA) is 65.2 Å². The second-order valence-electron chi connectivity index (χ2n) is 7.62. The standard InChI is InChI=1S/C19H27N5O2/c1-14-9-15(2)24(20-14)18-6-7-19(25)23(21-18)12-16-10-22(11-16)13-17-5-3-4-8-26-17/h6-7,9,16-17H,3-5,8,10-13H2,1-2H3. The molecule has 2 aliphatic rings. The van der Waals surface area contributed by atoms with E-state index in [2.05, 4.69) is 15.1 Å². The van der Waals surface area contributed by atoms with Crippen molar-refractivity contribution in [1.29, 1.82) is 0 Å². The molecule has 2 aromatic rings. The highest BCUT2D eigenvalue weighted by Gasteiger charge is 2.30. The average molecular weight is 357 g/mol. The summed E-state index contributed by atoms with van der Waals surface area (Å²) in [7, 11) is 0. The molecule has 2 fully saturated rings. The molecule has 2 aliphatic heterocycles. The van der Waals surface area contributed by atoms with Crippen LogP contribution in [0.5, 0.6) is 0 Å². The lowest BCUT2D eigenvalue weighted by molar-refractivity contribution is -0.0322. The molecule has 0 saturated carbocycles. The fourth-order valence-electron chi connectivity index (χ4n) is 3.97. The molecule has 0 N–H and O–H groups in total. The fourth-order valence-corrected chi connectivity index (χ4v) is 3.97. The number of nitrogens with zero attached hydrogens (tertiary/aromatic N) is 5. The fraction of sp³-hybridized carbons (Fsp3) is 0.632. The summed E-state index contributed by atoms with van der Waals surface area (Å²) in [6.07, 6.45) is 4.03. The van der Waals surface area contributed by atoms with Gasteiger partial charge in [-0.1, -0.05) is 0 Å². The Bertz CT molecular complexity index is 816. The SMILES string of the molecule is Cc1cc(C)n(-c2ccc(=O)n(CC3CN(CC4CCCCO4)C3)n2)n1. The zero-order valence-corrected chi connectivity index (χ0v) is 15.6. The molecule has 2 aromatic heterocycles. The lowest BCUT2D eigenvalue weighted by Gasteiger charge is -2.41. The van der Waals surface area contributed by atoms with Gasteiger partial charge in [-0.05, 0) is 45.2 Å². The first-order valence-electron chi connectivity index (χ1n) is 9.54. The van der Waals surface area contributed by atoms with Crippen molar-refractivity contribution < 1.29 is 4.74 Å². The molecule has 1 unspecified atom stereocenters. The van der Waals surface area contributed by atoms with Crippen molar-refractivity contribution in [3.8, 4) is 5.82 Å². The van der Waals surface area contributed by atoms with Gasteiger partial charge in [-0.15, -0.1) is 5.10 Å². The number of hydrogen-bond donors (Lipinski definition) is 0. The third-order valence-electron chi connectivity index (χ3n) is 5.28. The largest absolute Gasteiger partial charge is 0.377 e. The molecule has 0 amide bonds.